The first kappa shape index (κ1) is 28.0. The molecule has 0 aliphatic heterocycles. The van der Waals surface area contributed by atoms with Crippen LogP contribution in [0.25, 0.3) is 0 Å². The monoisotopic (exact) mass is 579 g/mol. The third-order valence-electron chi connectivity index (χ3n) is 4.36. The maximum Gasteiger partial charge on any atom is 0.387 e. The normalized spacial score (nSPS) is 14.2. The van der Waals surface area contributed by atoms with Crippen LogP contribution in [0.2, 0.25) is 5.15 Å². The van der Waals surface area contributed by atoms with E-state index in [-0.39, 0.29) is 28.7 Å². The Morgan fingerprint density at radius 1 is 1.35 bits per heavy atom. The molecule has 1 aromatic heterocycles. The van der Waals surface area contributed by atoms with Gasteiger partial charge in [0.2, 0.25) is 5.82 Å². The largest absolute Gasteiger partial charge is 0.598 e. The molecule has 0 saturated carbocycles. The summed E-state index contributed by atoms with van der Waals surface area (Å²) in [4.78, 5) is 14.8. The Morgan fingerprint density at radius 3 is 2.59 bits per heavy atom. The summed E-state index contributed by atoms with van der Waals surface area (Å²) >= 11 is 7.59. The van der Waals surface area contributed by atoms with E-state index in [1.807, 2.05) is 6.07 Å². The molecule has 1 unspecified atom stereocenters. The van der Waals surface area contributed by atoms with E-state index in [4.69, 9.17) is 11.6 Å². The van der Waals surface area contributed by atoms with Gasteiger partial charge in [-0.25, -0.2) is 4.98 Å². The SMILES string of the molecule is CC(C)(C)[S+]([O-])N[C@@H](C#N)C[C@@H](Nc1nc(Cl)ccc1[N+](=O)[O-])c1c(Br)cccc1OC(F)F. The summed E-state index contributed by atoms with van der Waals surface area (Å²) < 4.78 is 45.7. The van der Waals surface area contributed by atoms with Crippen LogP contribution in [-0.2, 0) is 11.4 Å². The molecule has 0 fully saturated rings. The van der Waals surface area contributed by atoms with Crippen LogP contribution in [0, 0.1) is 21.4 Å². The number of nitrogens with one attached hydrogen (secondary N) is 2. The Kier molecular flexibility index (Phi) is 9.84. The van der Waals surface area contributed by atoms with E-state index >= 15 is 0 Å². The fraction of sp³-hybridized carbons (Fsp3) is 0.400. The maximum atomic E-state index is 13.1. The van der Waals surface area contributed by atoms with E-state index in [0.717, 1.165) is 6.07 Å². The van der Waals surface area contributed by atoms with Crippen molar-refractivity contribution in [2.45, 2.75) is 50.6 Å². The van der Waals surface area contributed by atoms with Crippen LogP contribution in [0.5, 0.6) is 5.75 Å². The van der Waals surface area contributed by atoms with Gasteiger partial charge in [-0.2, -0.15) is 14.0 Å². The number of aromatic nitrogens is 1. The number of nitriles is 1. The minimum atomic E-state index is -3.15. The zero-order chi connectivity index (χ0) is 25.6. The van der Waals surface area contributed by atoms with E-state index in [9.17, 15) is 28.7 Å². The highest BCUT2D eigenvalue weighted by Crippen LogP contribution is 2.39. The summed E-state index contributed by atoms with van der Waals surface area (Å²) in [7, 11) is 0. The van der Waals surface area contributed by atoms with Crippen LogP contribution in [0.15, 0.2) is 34.8 Å². The number of anilines is 1. The molecule has 0 aliphatic rings. The third kappa shape index (κ3) is 7.64. The number of alkyl halides is 2. The lowest BCUT2D eigenvalue weighted by molar-refractivity contribution is -0.384. The average molecular weight is 581 g/mol. The van der Waals surface area contributed by atoms with Crippen LogP contribution in [-0.4, -0.2) is 31.9 Å². The molecule has 2 aromatic rings. The van der Waals surface area contributed by atoms with Gasteiger partial charge in [0.1, 0.15) is 21.7 Å². The fourth-order valence-electron chi connectivity index (χ4n) is 2.82. The molecule has 0 bridgehead atoms. The maximum absolute atomic E-state index is 13.1. The molecule has 34 heavy (non-hydrogen) atoms. The summed E-state index contributed by atoms with van der Waals surface area (Å²) in [5.74, 6) is -0.463. The van der Waals surface area contributed by atoms with E-state index < -0.39 is 45.4 Å². The van der Waals surface area contributed by atoms with Crippen LogP contribution >= 0.6 is 27.5 Å². The summed E-state index contributed by atoms with van der Waals surface area (Å²) in [6.07, 6.45) is -0.147. The number of nitrogens with zero attached hydrogens (tertiary/aromatic N) is 3. The Labute approximate surface area is 211 Å². The van der Waals surface area contributed by atoms with Gasteiger partial charge in [0.05, 0.1) is 17.0 Å². The molecule has 0 aliphatic carbocycles. The molecule has 9 nitrogen and oxygen atoms in total. The Hall–Kier alpha value is -2.24. The average Bonchev–Trinajstić information content (AvgIpc) is 2.71. The molecule has 2 N–H and O–H groups in total. The predicted octanol–water partition coefficient (Wildman–Crippen LogP) is 5.49. The Balaban J connectivity index is 2.57. The highest BCUT2D eigenvalue weighted by atomic mass is 79.9. The molecule has 14 heteroatoms. The van der Waals surface area contributed by atoms with Crippen molar-refractivity contribution in [2.24, 2.45) is 0 Å². The van der Waals surface area contributed by atoms with Gasteiger partial charge < -0.3 is 14.6 Å². The highest BCUT2D eigenvalue weighted by Gasteiger charge is 2.33. The van der Waals surface area contributed by atoms with Gasteiger partial charge in [-0.3, -0.25) is 10.1 Å². The van der Waals surface area contributed by atoms with E-state index in [1.165, 1.54) is 18.2 Å². The summed E-state index contributed by atoms with van der Waals surface area (Å²) in [6.45, 7) is 1.98. The van der Waals surface area contributed by atoms with Crippen LogP contribution in [0.1, 0.15) is 38.8 Å². The lowest BCUT2D eigenvalue weighted by Crippen LogP contribution is -2.45. The quantitative estimate of drug-likeness (QED) is 0.163. The number of hydrogen-bond donors (Lipinski definition) is 2. The van der Waals surface area contributed by atoms with Gasteiger partial charge in [-0.15, -0.1) is 4.72 Å². The number of ether oxygens (including phenoxy) is 1. The second-order valence-electron chi connectivity index (χ2n) is 7.90. The number of benzene rings is 1. The van der Waals surface area contributed by atoms with Gasteiger partial charge in [-0.1, -0.05) is 33.6 Å². The number of nitro groups is 1. The summed E-state index contributed by atoms with van der Waals surface area (Å²) in [5, 5.41) is 24.0. The van der Waals surface area contributed by atoms with Gasteiger partial charge in [0.15, 0.2) is 0 Å². The van der Waals surface area contributed by atoms with Crippen molar-refractivity contribution in [3.05, 3.63) is 55.6 Å². The highest BCUT2D eigenvalue weighted by molar-refractivity contribution is 9.10. The Bertz CT molecular complexity index is 1070. The molecule has 0 saturated heterocycles. The topological polar surface area (TPSA) is 136 Å². The van der Waals surface area contributed by atoms with Crippen molar-refractivity contribution in [1.82, 2.24) is 9.71 Å². The number of hydrogen-bond acceptors (Lipinski definition) is 8. The van der Waals surface area contributed by atoms with Crippen molar-refractivity contribution in [3.63, 3.8) is 0 Å². The van der Waals surface area contributed by atoms with Crippen LogP contribution < -0.4 is 14.8 Å². The summed E-state index contributed by atoms with van der Waals surface area (Å²) in [5.41, 5.74) is -0.264. The van der Waals surface area contributed by atoms with E-state index in [0.29, 0.717) is 4.47 Å². The van der Waals surface area contributed by atoms with Crippen molar-refractivity contribution in [2.75, 3.05) is 5.32 Å². The lowest BCUT2D eigenvalue weighted by Gasteiger charge is -2.28. The van der Waals surface area contributed by atoms with Crippen molar-refractivity contribution in [1.29, 1.82) is 5.26 Å². The van der Waals surface area contributed by atoms with Gasteiger partial charge in [-0.05, 0) is 39.0 Å². The first-order valence-electron chi connectivity index (χ1n) is 9.71. The van der Waals surface area contributed by atoms with Gasteiger partial charge >= 0.3 is 12.3 Å². The molecular weight excluding hydrogens is 560 g/mol. The summed E-state index contributed by atoms with van der Waals surface area (Å²) in [6, 6.07) is 6.62. The third-order valence-corrected chi connectivity index (χ3v) is 6.87. The zero-order valence-electron chi connectivity index (χ0n) is 18.2. The minimum Gasteiger partial charge on any atom is -0.598 e. The van der Waals surface area contributed by atoms with Crippen LogP contribution in [0.3, 0.4) is 0 Å². The van der Waals surface area contributed by atoms with Crippen LogP contribution in [0.4, 0.5) is 20.3 Å². The molecule has 2 rings (SSSR count). The van der Waals surface area contributed by atoms with Crippen molar-refractivity contribution >= 4 is 50.4 Å². The number of halogens is 4. The van der Waals surface area contributed by atoms with E-state index in [2.05, 4.69) is 35.7 Å². The molecular formula is C20H21BrClF2N5O4S. The molecule has 184 valence electrons. The van der Waals surface area contributed by atoms with Crippen molar-refractivity contribution in [3.8, 4) is 11.8 Å². The van der Waals surface area contributed by atoms with Gasteiger partial charge in [0.25, 0.3) is 0 Å². The minimum absolute atomic E-state index is 0.0492. The lowest BCUT2D eigenvalue weighted by atomic mass is 9.99. The molecule has 0 spiro atoms. The second-order valence-corrected chi connectivity index (χ2v) is 11.1. The molecule has 1 heterocycles. The van der Waals surface area contributed by atoms with Crippen molar-refractivity contribution < 1.29 is 23.0 Å². The molecule has 0 radical (unpaired) electrons. The second kappa shape index (κ2) is 11.9. The smallest absolute Gasteiger partial charge is 0.387 e. The van der Waals surface area contributed by atoms with E-state index in [1.54, 1.807) is 26.8 Å². The molecule has 1 aromatic carbocycles. The van der Waals surface area contributed by atoms with Gasteiger partial charge in [0, 0.05) is 33.9 Å². The Morgan fingerprint density at radius 2 is 2.03 bits per heavy atom. The number of rotatable bonds is 10. The molecule has 3 atom stereocenters. The predicted molar refractivity (Wildman–Crippen MR) is 128 cm³/mol. The zero-order valence-corrected chi connectivity index (χ0v) is 21.4. The number of pyridine rings is 1. The fourth-order valence-corrected chi connectivity index (χ4v) is 4.35. The first-order chi connectivity index (χ1) is 15.8. The standard InChI is InChI=1S/C20H21BrClF2N5O4S/c1-20(2,3)34(32)28-11(10-25)9-13(17-12(21)5-4-6-15(17)33-19(23)24)26-18-14(29(30)31)7-8-16(22)27-18/h4-8,11,13,19,28H,9H2,1-3H3,(H,26,27)/t11-,13-,34?/m1/s1. The molecule has 0 amide bonds. The first-order valence-corrected chi connectivity index (χ1v) is 12.0.